The summed E-state index contributed by atoms with van der Waals surface area (Å²) in [6.45, 7) is 3.12. The second kappa shape index (κ2) is 6.08. The van der Waals surface area contributed by atoms with E-state index in [1.165, 1.54) is 28.9 Å². The van der Waals surface area contributed by atoms with Crippen molar-refractivity contribution in [2.24, 2.45) is 0 Å². The van der Waals surface area contributed by atoms with E-state index in [1.807, 2.05) is 13.1 Å². The molecule has 1 heterocycles. The van der Waals surface area contributed by atoms with Gasteiger partial charge in [0.25, 0.3) is 0 Å². The molecule has 0 spiro atoms. The predicted octanol–water partition coefficient (Wildman–Crippen LogP) is 4.53. The minimum Gasteiger partial charge on any atom is -0.338 e. The summed E-state index contributed by atoms with van der Waals surface area (Å²) in [5.74, 6) is 0. The van der Waals surface area contributed by atoms with Crippen LogP contribution in [0.15, 0.2) is 42.5 Å². The third-order valence-corrected chi connectivity index (χ3v) is 4.43. The Balaban J connectivity index is 2.11. The molecule has 0 amide bonds. The Hall–Kier alpha value is -1.51. The summed E-state index contributed by atoms with van der Waals surface area (Å²) in [4.78, 5) is 2.46. The van der Waals surface area contributed by atoms with E-state index in [0.717, 1.165) is 18.0 Å². The van der Waals surface area contributed by atoms with Crippen LogP contribution < -0.4 is 10.2 Å². The van der Waals surface area contributed by atoms with Crippen molar-refractivity contribution in [2.45, 2.75) is 32.4 Å². The van der Waals surface area contributed by atoms with Crippen molar-refractivity contribution in [2.75, 3.05) is 11.9 Å². The Labute approximate surface area is 131 Å². The molecule has 2 aromatic carbocycles. The first-order valence-electron chi connectivity index (χ1n) is 7.51. The maximum atomic E-state index is 6.18. The highest BCUT2D eigenvalue weighted by atomic mass is 35.5. The minimum absolute atomic E-state index is 0.497. The van der Waals surface area contributed by atoms with Crippen molar-refractivity contribution in [1.29, 1.82) is 0 Å². The van der Waals surface area contributed by atoms with Gasteiger partial charge in [-0.15, -0.1) is 0 Å². The maximum absolute atomic E-state index is 6.18. The Morgan fingerprint density at radius 1 is 1.19 bits per heavy atom. The van der Waals surface area contributed by atoms with Crippen LogP contribution in [0.1, 0.15) is 24.5 Å². The lowest BCUT2D eigenvalue weighted by molar-refractivity contribution is 0.615. The maximum Gasteiger partial charge on any atom is 0.0460 e. The summed E-state index contributed by atoms with van der Waals surface area (Å²) in [7, 11) is 1.97. The van der Waals surface area contributed by atoms with Crippen LogP contribution in [0.2, 0.25) is 5.02 Å². The van der Waals surface area contributed by atoms with Crippen molar-refractivity contribution < 1.29 is 0 Å². The third kappa shape index (κ3) is 2.78. The smallest absolute Gasteiger partial charge is 0.0460 e. The van der Waals surface area contributed by atoms with Gasteiger partial charge in [0.2, 0.25) is 0 Å². The average molecular weight is 301 g/mol. The molecule has 1 N–H and O–H groups in total. The fraction of sp³-hybridized carbons (Fsp3) is 0.333. The second-order valence-corrected chi connectivity index (χ2v) is 6.13. The number of rotatable bonds is 3. The lowest BCUT2D eigenvalue weighted by Gasteiger charge is -2.38. The van der Waals surface area contributed by atoms with Gasteiger partial charge in [-0.05, 0) is 62.2 Å². The zero-order valence-electron chi connectivity index (χ0n) is 12.6. The minimum atomic E-state index is 0.497. The van der Waals surface area contributed by atoms with E-state index in [9.17, 15) is 0 Å². The highest BCUT2D eigenvalue weighted by molar-refractivity contribution is 6.30. The zero-order chi connectivity index (χ0) is 14.8. The highest BCUT2D eigenvalue weighted by Gasteiger charge is 2.25. The van der Waals surface area contributed by atoms with Crippen molar-refractivity contribution in [3.05, 3.63) is 58.6 Å². The van der Waals surface area contributed by atoms with Gasteiger partial charge >= 0.3 is 0 Å². The van der Waals surface area contributed by atoms with Gasteiger partial charge in [-0.2, -0.15) is 0 Å². The number of para-hydroxylation sites is 1. The van der Waals surface area contributed by atoms with Gasteiger partial charge in [0, 0.05) is 29.0 Å². The molecule has 21 heavy (non-hydrogen) atoms. The van der Waals surface area contributed by atoms with Crippen LogP contribution in [0, 0.1) is 0 Å². The highest BCUT2D eigenvalue weighted by Crippen LogP contribution is 2.38. The molecule has 0 aromatic heterocycles. The molecule has 1 aliphatic heterocycles. The van der Waals surface area contributed by atoms with Crippen molar-refractivity contribution in [1.82, 2.24) is 5.32 Å². The summed E-state index contributed by atoms with van der Waals surface area (Å²) in [5, 5.41) is 4.04. The van der Waals surface area contributed by atoms with E-state index in [-0.39, 0.29) is 0 Å². The van der Waals surface area contributed by atoms with Crippen molar-refractivity contribution in [3.63, 3.8) is 0 Å². The number of halogens is 1. The van der Waals surface area contributed by atoms with Gasteiger partial charge in [-0.25, -0.2) is 0 Å². The van der Waals surface area contributed by atoms with Gasteiger partial charge in [0.1, 0.15) is 0 Å². The number of nitrogens with zero attached hydrogens (tertiary/aromatic N) is 1. The van der Waals surface area contributed by atoms with E-state index in [2.05, 4.69) is 53.5 Å². The fourth-order valence-electron chi connectivity index (χ4n) is 3.18. The number of aryl methyl sites for hydroxylation is 1. The molecule has 2 aromatic rings. The molecule has 110 valence electrons. The molecule has 0 saturated carbocycles. The van der Waals surface area contributed by atoms with Gasteiger partial charge in [-0.3, -0.25) is 0 Å². The summed E-state index contributed by atoms with van der Waals surface area (Å²) in [6.07, 6.45) is 2.33. The quantitative estimate of drug-likeness (QED) is 0.896. The van der Waals surface area contributed by atoms with Crippen molar-refractivity contribution in [3.8, 4) is 0 Å². The lowest BCUT2D eigenvalue weighted by atomic mass is 9.95. The fourth-order valence-corrected chi connectivity index (χ4v) is 3.37. The van der Waals surface area contributed by atoms with Crippen LogP contribution in [0.4, 0.5) is 11.4 Å². The molecule has 0 saturated heterocycles. The summed E-state index contributed by atoms with van der Waals surface area (Å²) >= 11 is 6.18. The van der Waals surface area contributed by atoms with Crippen LogP contribution >= 0.6 is 11.6 Å². The zero-order valence-corrected chi connectivity index (χ0v) is 13.3. The average Bonchev–Trinajstić information content (AvgIpc) is 2.49. The molecule has 1 aliphatic rings. The molecule has 0 aliphatic carbocycles. The van der Waals surface area contributed by atoms with Crippen LogP contribution in [-0.4, -0.2) is 13.1 Å². The van der Waals surface area contributed by atoms with E-state index < -0.39 is 0 Å². The Morgan fingerprint density at radius 3 is 2.81 bits per heavy atom. The second-order valence-electron chi connectivity index (χ2n) is 5.69. The van der Waals surface area contributed by atoms with Gasteiger partial charge in [-0.1, -0.05) is 29.8 Å². The van der Waals surface area contributed by atoms with Crippen LogP contribution in [-0.2, 0) is 13.0 Å². The molecule has 2 nitrogen and oxygen atoms in total. The number of fused-ring (bicyclic) bond motifs is 1. The molecule has 3 rings (SSSR count). The van der Waals surface area contributed by atoms with Crippen LogP contribution in [0.3, 0.4) is 0 Å². The van der Waals surface area contributed by atoms with Gasteiger partial charge in [0.15, 0.2) is 0 Å². The number of benzene rings is 2. The van der Waals surface area contributed by atoms with Crippen LogP contribution in [0.5, 0.6) is 0 Å². The van der Waals surface area contributed by atoms with E-state index in [1.54, 1.807) is 0 Å². The monoisotopic (exact) mass is 300 g/mol. The topological polar surface area (TPSA) is 15.3 Å². The van der Waals surface area contributed by atoms with Gasteiger partial charge < -0.3 is 10.2 Å². The Bertz CT molecular complexity index is 639. The molecule has 0 radical (unpaired) electrons. The van der Waals surface area contributed by atoms with Crippen LogP contribution in [0.25, 0.3) is 0 Å². The first-order chi connectivity index (χ1) is 10.2. The Morgan fingerprint density at radius 2 is 2.00 bits per heavy atom. The summed E-state index contributed by atoms with van der Waals surface area (Å²) < 4.78 is 0. The molecule has 0 bridgehead atoms. The summed E-state index contributed by atoms with van der Waals surface area (Å²) in [6, 6.07) is 15.4. The standard InChI is InChI=1S/C18H21ClN2/c1-13-7-8-14-5-3-4-6-17(14)21(13)18-10-9-16(19)11-15(18)12-20-2/h3-6,9-11,13,20H,7-8,12H2,1-2H3. The van der Waals surface area contributed by atoms with E-state index in [4.69, 9.17) is 11.6 Å². The third-order valence-electron chi connectivity index (χ3n) is 4.19. The SMILES string of the molecule is CNCc1cc(Cl)ccc1N1c2ccccc2CCC1C. The first-order valence-corrected chi connectivity index (χ1v) is 7.88. The molecular formula is C18H21ClN2. The largest absolute Gasteiger partial charge is 0.338 e. The number of anilines is 2. The van der Waals surface area contributed by atoms with Gasteiger partial charge in [0.05, 0.1) is 0 Å². The molecule has 1 unspecified atom stereocenters. The number of hydrogen-bond acceptors (Lipinski definition) is 2. The lowest BCUT2D eigenvalue weighted by Crippen LogP contribution is -2.34. The van der Waals surface area contributed by atoms with E-state index >= 15 is 0 Å². The number of hydrogen-bond donors (Lipinski definition) is 1. The predicted molar refractivity (Wildman–Crippen MR) is 90.6 cm³/mol. The molecule has 3 heteroatoms. The molecular weight excluding hydrogens is 280 g/mol. The number of nitrogens with one attached hydrogen (secondary N) is 1. The normalized spacial score (nSPS) is 17.7. The summed E-state index contributed by atoms with van der Waals surface area (Å²) in [5.41, 5.74) is 5.26. The first kappa shape index (κ1) is 14.4. The molecule has 1 atom stereocenters. The Kier molecular flexibility index (Phi) is 4.18. The molecule has 0 fully saturated rings. The van der Waals surface area contributed by atoms with E-state index in [0.29, 0.717) is 6.04 Å². The van der Waals surface area contributed by atoms with Crippen molar-refractivity contribution >= 4 is 23.0 Å².